The van der Waals surface area contributed by atoms with Gasteiger partial charge in [0.05, 0.1) is 6.04 Å². The molecule has 1 aliphatic carbocycles. The van der Waals surface area contributed by atoms with Crippen LogP contribution in [0.25, 0.3) is 0 Å². The summed E-state index contributed by atoms with van der Waals surface area (Å²) in [5, 5.41) is 2.84. The summed E-state index contributed by atoms with van der Waals surface area (Å²) in [5.41, 5.74) is 0. The second-order valence-electron chi connectivity index (χ2n) is 4.18. The van der Waals surface area contributed by atoms with Gasteiger partial charge in [-0.15, -0.1) is 0 Å². The third-order valence-electron chi connectivity index (χ3n) is 3.08. The minimum Gasteiger partial charge on any atom is -0.447 e. The fraction of sp³-hybridized carbons (Fsp3) is 0.900. The van der Waals surface area contributed by atoms with Crippen LogP contribution in [0.4, 0.5) is 4.79 Å². The number of hydrogen-bond acceptors (Lipinski definition) is 2. The summed E-state index contributed by atoms with van der Waals surface area (Å²) in [6.45, 7) is 0.579. The van der Waals surface area contributed by atoms with Gasteiger partial charge < -0.3 is 10.1 Å². The van der Waals surface area contributed by atoms with Gasteiger partial charge in [0, 0.05) is 0 Å². The molecule has 2 rings (SSSR count). The molecule has 1 unspecified atom stereocenters. The first-order chi connectivity index (χ1) is 6.34. The van der Waals surface area contributed by atoms with Crippen molar-refractivity contribution in [2.24, 2.45) is 5.92 Å². The van der Waals surface area contributed by atoms with Crippen LogP contribution >= 0.6 is 0 Å². The van der Waals surface area contributed by atoms with Crippen molar-refractivity contribution in [1.82, 2.24) is 5.32 Å². The highest BCUT2D eigenvalue weighted by atomic mass is 16.6. The van der Waals surface area contributed by atoms with Crippen LogP contribution in [0.1, 0.15) is 38.5 Å². The van der Waals surface area contributed by atoms with E-state index in [0.29, 0.717) is 6.61 Å². The SMILES string of the molecule is O=C1NC(CC2CCCCC2)CO1. The van der Waals surface area contributed by atoms with Crippen LogP contribution in [-0.4, -0.2) is 18.7 Å². The molecule has 0 aromatic rings. The third kappa shape index (κ3) is 2.36. The van der Waals surface area contributed by atoms with E-state index in [1.807, 2.05) is 0 Å². The van der Waals surface area contributed by atoms with E-state index >= 15 is 0 Å². The highest BCUT2D eigenvalue weighted by molar-refractivity contribution is 5.69. The van der Waals surface area contributed by atoms with E-state index in [1.165, 1.54) is 32.1 Å². The smallest absolute Gasteiger partial charge is 0.407 e. The molecule has 1 aliphatic heterocycles. The molecule has 2 fully saturated rings. The van der Waals surface area contributed by atoms with Crippen LogP contribution in [0.5, 0.6) is 0 Å². The van der Waals surface area contributed by atoms with Crippen molar-refractivity contribution in [3.05, 3.63) is 0 Å². The first-order valence-corrected chi connectivity index (χ1v) is 5.28. The maximum atomic E-state index is 10.8. The van der Waals surface area contributed by atoms with E-state index in [9.17, 15) is 4.79 Å². The molecule has 3 heteroatoms. The molecule has 2 aliphatic rings. The predicted molar refractivity (Wildman–Crippen MR) is 49.5 cm³/mol. The molecule has 1 saturated heterocycles. The first kappa shape index (κ1) is 8.85. The normalized spacial score (nSPS) is 29.8. The molecule has 0 aromatic carbocycles. The average Bonchev–Trinajstić information content (AvgIpc) is 2.53. The van der Waals surface area contributed by atoms with Gasteiger partial charge in [-0.2, -0.15) is 0 Å². The van der Waals surface area contributed by atoms with Gasteiger partial charge >= 0.3 is 6.09 Å². The van der Waals surface area contributed by atoms with Crippen LogP contribution in [-0.2, 0) is 4.74 Å². The molecular weight excluding hydrogens is 166 g/mol. The number of nitrogens with one attached hydrogen (secondary N) is 1. The third-order valence-corrected chi connectivity index (χ3v) is 3.08. The monoisotopic (exact) mass is 183 g/mol. The lowest BCUT2D eigenvalue weighted by Crippen LogP contribution is -2.29. The van der Waals surface area contributed by atoms with Gasteiger partial charge in [-0.25, -0.2) is 4.79 Å². The Morgan fingerprint density at radius 1 is 1.31 bits per heavy atom. The van der Waals surface area contributed by atoms with Crippen LogP contribution < -0.4 is 5.32 Å². The fourth-order valence-corrected chi connectivity index (χ4v) is 2.38. The van der Waals surface area contributed by atoms with Crippen molar-refractivity contribution < 1.29 is 9.53 Å². The molecule has 74 valence electrons. The summed E-state index contributed by atoms with van der Waals surface area (Å²) >= 11 is 0. The Labute approximate surface area is 78.8 Å². The molecule has 1 N–H and O–H groups in total. The van der Waals surface area contributed by atoms with Gasteiger partial charge in [-0.3, -0.25) is 0 Å². The maximum absolute atomic E-state index is 10.8. The Balaban J connectivity index is 1.73. The number of hydrogen-bond donors (Lipinski definition) is 1. The summed E-state index contributed by atoms with van der Waals surface area (Å²) in [6, 6.07) is 0.288. The van der Waals surface area contributed by atoms with E-state index < -0.39 is 0 Å². The lowest BCUT2D eigenvalue weighted by Gasteiger charge is -2.23. The number of alkyl carbamates (subject to hydrolysis) is 1. The summed E-state index contributed by atoms with van der Waals surface area (Å²) in [7, 11) is 0. The van der Waals surface area contributed by atoms with Gasteiger partial charge in [0.1, 0.15) is 6.61 Å². The molecule has 1 amide bonds. The Morgan fingerprint density at radius 2 is 2.08 bits per heavy atom. The molecule has 0 bridgehead atoms. The minimum atomic E-state index is -0.235. The second kappa shape index (κ2) is 3.99. The van der Waals surface area contributed by atoms with Crippen LogP contribution in [0, 0.1) is 5.92 Å². The van der Waals surface area contributed by atoms with Crippen molar-refractivity contribution >= 4 is 6.09 Å². The van der Waals surface area contributed by atoms with Gasteiger partial charge in [-0.05, 0) is 12.3 Å². The molecule has 0 radical (unpaired) electrons. The van der Waals surface area contributed by atoms with Crippen LogP contribution in [0.15, 0.2) is 0 Å². The standard InChI is InChI=1S/C10H17NO2/c12-10-11-9(7-13-10)6-8-4-2-1-3-5-8/h8-9H,1-7H2,(H,11,12). The highest BCUT2D eigenvalue weighted by Gasteiger charge is 2.25. The first-order valence-electron chi connectivity index (χ1n) is 5.28. The number of carbonyl (C=O) groups excluding carboxylic acids is 1. The Bertz CT molecular complexity index is 187. The Morgan fingerprint density at radius 3 is 2.69 bits per heavy atom. The van der Waals surface area contributed by atoms with Crippen molar-refractivity contribution in [3.8, 4) is 0 Å². The van der Waals surface area contributed by atoms with E-state index in [4.69, 9.17) is 4.74 Å². The van der Waals surface area contributed by atoms with Crippen molar-refractivity contribution in [3.63, 3.8) is 0 Å². The molecule has 1 atom stereocenters. The minimum absolute atomic E-state index is 0.235. The lowest BCUT2D eigenvalue weighted by atomic mass is 9.85. The number of cyclic esters (lactones) is 1. The fourth-order valence-electron chi connectivity index (χ4n) is 2.38. The van der Waals surface area contributed by atoms with Crippen LogP contribution in [0.3, 0.4) is 0 Å². The molecule has 3 nitrogen and oxygen atoms in total. The Hall–Kier alpha value is -0.730. The van der Waals surface area contributed by atoms with E-state index in [2.05, 4.69) is 5.32 Å². The van der Waals surface area contributed by atoms with Crippen molar-refractivity contribution in [2.45, 2.75) is 44.6 Å². The van der Waals surface area contributed by atoms with E-state index in [0.717, 1.165) is 12.3 Å². The van der Waals surface area contributed by atoms with Gasteiger partial charge in [0.15, 0.2) is 0 Å². The average molecular weight is 183 g/mol. The molecule has 1 saturated carbocycles. The van der Waals surface area contributed by atoms with Crippen molar-refractivity contribution in [1.29, 1.82) is 0 Å². The number of ether oxygens (including phenoxy) is 1. The molecule has 1 heterocycles. The molecule has 0 spiro atoms. The largest absolute Gasteiger partial charge is 0.447 e. The van der Waals surface area contributed by atoms with Gasteiger partial charge in [0.2, 0.25) is 0 Å². The zero-order valence-corrected chi connectivity index (χ0v) is 7.92. The Kier molecular flexibility index (Phi) is 2.71. The second-order valence-corrected chi connectivity index (χ2v) is 4.18. The van der Waals surface area contributed by atoms with Crippen LogP contribution in [0.2, 0.25) is 0 Å². The predicted octanol–water partition coefficient (Wildman–Crippen LogP) is 2.07. The summed E-state index contributed by atoms with van der Waals surface area (Å²) in [5.74, 6) is 0.820. The highest BCUT2D eigenvalue weighted by Crippen LogP contribution is 2.27. The van der Waals surface area contributed by atoms with Gasteiger partial charge in [-0.1, -0.05) is 32.1 Å². The molecule has 0 aromatic heterocycles. The summed E-state index contributed by atoms with van der Waals surface area (Å²) in [4.78, 5) is 10.8. The maximum Gasteiger partial charge on any atom is 0.407 e. The zero-order valence-electron chi connectivity index (χ0n) is 7.92. The molecule has 13 heavy (non-hydrogen) atoms. The van der Waals surface area contributed by atoms with E-state index in [-0.39, 0.29) is 12.1 Å². The van der Waals surface area contributed by atoms with Crippen molar-refractivity contribution in [2.75, 3.05) is 6.61 Å². The van der Waals surface area contributed by atoms with Gasteiger partial charge in [0.25, 0.3) is 0 Å². The quantitative estimate of drug-likeness (QED) is 0.711. The summed E-state index contributed by atoms with van der Waals surface area (Å²) < 4.78 is 4.86. The summed E-state index contributed by atoms with van der Waals surface area (Å²) in [6.07, 6.45) is 7.69. The zero-order chi connectivity index (χ0) is 9.10. The van der Waals surface area contributed by atoms with E-state index in [1.54, 1.807) is 0 Å². The molecular formula is C10H17NO2. The number of rotatable bonds is 2. The number of carbonyl (C=O) groups is 1. The topological polar surface area (TPSA) is 38.3 Å². The number of amides is 1. The lowest BCUT2D eigenvalue weighted by molar-refractivity contribution is 0.175.